The molecule has 1 fully saturated rings. The fourth-order valence-corrected chi connectivity index (χ4v) is 3.34. The summed E-state index contributed by atoms with van der Waals surface area (Å²) in [5.41, 5.74) is -0.450. The average molecular weight is 354 g/mol. The summed E-state index contributed by atoms with van der Waals surface area (Å²) in [4.78, 5) is 26.7. The van der Waals surface area contributed by atoms with Crippen molar-refractivity contribution in [3.05, 3.63) is 52.0 Å². The molecule has 2 aromatic rings. The number of anilines is 1. The lowest BCUT2D eigenvalue weighted by Crippen LogP contribution is -2.43. The maximum atomic E-state index is 13.7. The molecule has 3 rings (SSSR count). The van der Waals surface area contributed by atoms with Crippen molar-refractivity contribution < 1.29 is 22.8 Å². The molecule has 0 saturated carbocycles. The van der Waals surface area contributed by atoms with E-state index in [0.717, 1.165) is 12.1 Å². The van der Waals surface area contributed by atoms with Crippen LogP contribution in [0, 0.1) is 17.5 Å². The molecule has 0 radical (unpaired) electrons. The molecule has 1 saturated heterocycles. The molecule has 0 bridgehead atoms. The van der Waals surface area contributed by atoms with Gasteiger partial charge in [-0.25, -0.2) is 13.2 Å². The second-order valence-electron chi connectivity index (χ2n) is 5.35. The minimum Gasteiger partial charge on any atom is -0.326 e. The van der Waals surface area contributed by atoms with Crippen LogP contribution in [-0.2, 0) is 4.79 Å². The molecule has 1 atom stereocenters. The van der Waals surface area contributed by atoms with Crippen LogP contribution >= 0.6 is 11.3 Å². The molecule has 1 aromatic carbocycles. The zero-order valence-corrected chi connectivity index (χ0v) is 13.2. The predicted octanol–water partition coefficient (Wildman–Crippen LogP) is 3.41. The van der Waals surface area contributed by atoms with Crippen LogP contribution in [0.1, 0.15) is 22.5 Å². The highest BCUT2D eigenvalue weighted by Gasteiger charge is 2.35. The summed E-state index contributed by atoms with van der Waals surface area (Å²) in [6, 6.07) is 4.31. The fraction of sp³-hybridized carbons (Fsp3) is 0.250. The quantitative estimate of drug-likeness (QED) is 0.859. The van der Waals surface area contributed by atoms with Crippen molar-refractivity contribution >= 4 is 28.8 Å². The zero-order chi connectivity index (χ0) is 17.3. The number of thiophene rings is 1. The van der Waals surface area contributed by atoms with E-state index in [1.54, 1.807) is 17.5 Å². The van der Waals surface area contributed by atoms with Crippen molar-refractivity contribution in [2.24, 2.45) is 0 Å². The molecule has 1 N–H and O–H groups in total. The Labute approximate surface area is 139 Å². The number of carbonyl (C=O) groups excluding carboxylic acids is 2. The fourth-order valence-electron chi connectivity index (χ4n) is 2.66. The van der Waals surface area contributed by atoms with E-state index < -0.39 is 35.1 Å². The first-order valence-corrected chi connectivity index (χ1v) is 8.16. The van der Waals surface area contributed by atoms with E-state index in [1.165, 1.54) is 16.2 Å². The standard InChI is InChI=1S/C16H13F3N2O2S/c17-9-5-6-10(14(19)13(9)18)20-15(22)11-3-1-7-21(11)16(23)12-4-2-8-24-12/h2,4-6,8,11H,1,3,7H2,(H,20,22). The zero-order valence-electron chi connectivity index (χ0n) is 12.4. The van der Waals surface area contributed by atoms with E-state index in [9.17, 15) is 22.8 Å². The number of nitrogens with one attached hydrogen (secondary N) is 1. The van der Waals surface area contributed by atoms with Gasteiger partial charge in [0.15, 0.2) is 17.5 Å². The highest BCUT2D eigenvalue weighted by atomic mass is 32.1. The van der Waals surface area contributed by atoms with Crippen LogP contribution in [0.25, 0.3) is 0 Å². The Morgan fingerprint density at radius 1 is 1.17 bits per heavy atom. The third-order valence-corrected chi connectivity index (χ3v) is 4.70. The summed E-state index contributed by atoms with van der Waals surface area (Å²) >= 11 is 1.27. The maximum Gasteiger partial charge on any atom is 0.264 e. The van der Waals surface area contributed by atoms with Crippen molar-refractivity contribution in [2.75, 3.05) is 11.9 Å². The van der Waals surface area contributed by atoms with Crippen molar-refractivity contribution in [1.29, 1.82) is 0 Å². The van der Waals surface area contributed by atoms with E-state index in [1.807, 2.05) is 0 Å². The van der Waals surface area contributed by atoms with Crippen molar-refractivity contribution in [3.63, 3.8) is 0 Å². The number of hydrogen-bond donors (Lipinski definition) is 1. The Kier molecular flexibility index (Phi) is 4.57. The largest absolute Gasteiger partial charge is 0.326 e. The Morgan fingerprint density at radius 3 is 2.67 bits per heavy atom. The summed E-state index contributed by atoms with van der Waals surface area (Å²) in [5, 5.41) is 4.00. The third-order valence-electron chi connectivity index (χ3n) is 3.84. The van der Waals surface area contributed by atoms with E-state index in [-0.39, 0.29) is 5.91 Å². The monoisotopic (exact) mass is 354 g/mol. The van der Waals surface area contributed by atoms with Crippen LogP contribution in [-0.4, -0.2) is 29.3 Å². The first-order chi connectivity index (χ1) is 11.5. The van der Waals surface area contributed by atoms with E-state index in [0.29, 0.717) is 24.3 Å². The molecule has 1 aliphatic heterocycles. The molecule has 2 amide bonds. The summed E-state index contributed by atoms with van der Waals surface area (Å²) in [7, 11) is 0. The van der Waals surface area contributed by atoms with Gasteiger partial charge in [-0.1, -0.05) is 6.07 Å². The van der Waals surface area contributed by atoms with Crippen molar-refractivity contribution in [2.45, 2.75) is 18.9 Å². The Bertz CT molecular complexity index is 780. The van der Waals surface area contributed by atoms with Gasteiger partial charge < -0.3 is 10.2 Å². The minimum atomic E-state index is -1.65. The minimum absolute atomic E-state index is 0.270. The highest BCUT2D eigenvalue weighted by Crippen LogP contribution is 2.25. The SMILES string of the molecule is O=C(Nc1ccc(F)c(F)c1F)C1CCCN1C(=O)c1cccs1. The van der Waals surface area contributed by atoms with Gasteiger partial charge in [-0.05, 0) is 36.4 Å². The van der Waals surface area contributed by atoms with E-state index in [4.69, 9.17) is 0 Å². The van der Waals surface area contributed by atoms with Crippen LogP contribution < -0.4 is 5.32 Å². The number of benzene rings is 1. The number of rotatable bonds is 3. The topological polar surface area (TPSA) is 49.4 Å². The molecule has 126 valence electrons. The molecule has 8 heteroatoms. The summed E-state index contributed by atoms with van der Waals surface area (Å²) in [5.74, 6) is -5.33. The molecule has 1 aromatic heterocycles. The van der Waals surface area contributed by atoms with Gasteiger partial charge in [0.2, 0.25) is 5.91 Å². The lowest BCUT2D eigenvalue weighted by molar-refractivity contribution is -0.119. The van der Waals surface area contributed by atoms with Gasteiger partial charge in [-0.2, -0.15) is 0 Å². The normalized spacial score (nSPS) is 17.1. The van der Waals surface area contributed by atoms with Crippen LogP contribution in [0.4, 0.5) is 18.9 Å². The third kappa shape index (κ3) is 3.01. The molecular formula is C16H13F3N2O2S. The second-order valence-corrected chi connectivity index (χ2v) is 6.29. The van der Waals surface area contributed by atoms with Crippen molar-refractivity contribution in [3.8, 4) is 0 Å². The second kappa shape index (κ2) is 6.64. The number of likely N-dealkylation sites (tertiary alicyclic amines) is 1. The molecule has 1 unspecified atom stereocenters. The lowest BCUT2D eigenvalue weighted by atomic mass is 10.2. The number of halogens is 3. The van der Waals surface area contributed by atoms with Gasteiger partial charge in [0.05, 0.1) is 10.6 Å². The van der Waals surface area contributed by atoms with Gasteiger partial charge in [0.1, 0.15) is 6.04 Å². The number of nitrogens with zero attached hydrogens (tertiary/aromatic N) is 1. The average Bonchev–Trinajstić information content (AvgIpc) is 3.26. The van der Waals surface area contributed by atoms with E-state index in [2.05, 4.69) is 5.32 Å². The van der Waals surface area contributed by atoms with Crippen LogP contribution in [0.2, 0.25) is 0 Å². The maximum absolute atomic E-state index is 13.7. The van der Waals surface area contributed by atoms with Crippen LogP contribution in [0.5, 0.6) is 0 Å². The summed E-state index contributed by atoms with van der Waals surface area (Å²) < 4.78 is 39.9. The number of carbonyl (C=O) groups is 2. The van der Waals surface area contributed by atoms with Crippen molar-refractivity contribution in [1.82, 2.24) is 4.90 Å². The van der Waals surface area contributed by atoms with Gasteiger partial charge in [-0.15, -0.1) is 11.3 Å². The molecule has 1 aliphatic rings. The highest BCUT2D eigenvalue weighted by molar-refractivity contribution is 7.12. The molecule has 4 nitrogen and oxygen atoms in total. The molecule has 0 aliphatic carbocycles. The first kappa shape index (κ1) is 16.5. The predicted molar refractivity (Wildman–Crippen MR) is 83.3 cm³/mol. The molecule has 2 heterocycles. The lowest BCUT2D eigenvalue weighted by Gasteiger charge is -2.23. The number of amides is 2. The van der Waals surface area contributed by atoms with E-state index >= 15 is 0 Å². The van der Waals surface area contributed by atoms with Gasteiger partial charge in [0, 0.05) is 6.54 Å². The Morgan fingerprint density at radius 2 is 1.96 bits per heavy atom. The molecule has 24 heavy (non-hydrogen) atoms. The van der Waals surface area contributed by atoms with Gasteiger partial charge in [-0.3, -0.25) is 9.59 Å². The Balaban J connectivity index is 1.77. The van der Waals surface area contributed by atoms with Crippen LogP contribution in [0.15, 0.2) is 29.6 Å². The van der Waals surface area contributed by atoms with Gasteiger partial charge >= 0.3 is 0 Å². The first-order valence-electron chi connectivity index (χ1n) is 7.28. The molecule has 0 spiro atoms. The van der Waals surface area contributed by atoms with Crippen LogP contribution in [0.3, 0.4) is 0 Å². The summed E-state index contributed by atoms with van der Waals surface area (Å²) in [6.45, 7) is 0.412. The number of hydrogen-bond acceptors (Lipinski definition) is 3. The summed E-state index contributed by atoms with van der Waals surface area (Å²) in [6.07, 6.45) is 1.06. The Hall–Kier alpha value is -2.35. The van der Waals surface area contributed by atoms with Gasteiger partial charge in [0.25, 0.3) is 5.91 Å². The smallest absolute Gasteiger partial charge is 0.264 e. The molecular weight excluding hydrogens is 341 g/mol.